The molecule has 2 N–H and O–H groups in total. The van der Waals surface area contributed by atoms with Crippen LogP contribution in [0.3, 0.4) is 0 Å². The summed E-state index contributed by atoms with van der Waals surface area (Å²) in [5.74, 6) is 0. The molecule has 1 aliphatic carbocycles. The molecule has 0 aromatic carbocycles. The van der Waals surface area contributed by atoms with E-state index in [-0.39, 0.29) is 0 Å². The molecule has 0 aliphatic heterocycles. The van der Waals surface area contributed by atoms with E-state index in [1.54, 1.807) is 11.3 Å². The van der Waals surface area contributed by atoms with Crippen LogP contribution in [0.1, 0.15) is 25.3 Å². The smallest absolute Gasteiger partial charge is 0.0248 e. The highest BCUT2D eigenvalue weighted by Gasteiger charge is 2.31. The molecule has 1 aromatic heterocycles. The normalized spacial score (nSPS) is 18.8. The summed E-state index contributed by atoms with van der Waals surface area (Å²) in [5, 5.41) is 4.38. The lowest BCUT2D eigenvalue weighted by Gasteiger charge is -2.27. The lowest BCUT2D eigenvalue weighted by atomic mass is 10.2. The fraction of sp³-hybridized carbons (Fsp3) is 0.636. The molecule has 14 heavy (non-hydrogen) atoms. The third-order valence-corrected chi connectivity index (χ3v) is 3.60. The summed E-state index contributed by atoms with van der Waals surface area (Å²) in [4.78, 5) is 2.54. The molecule has 2 nitrogen and oxygen atoms in total. The Morgan fingerprint density at radius 3 is 2.93 bits per heavy atom. The quantitative estimate of drug-likeness (QED) is 0.806. The molecule has 3 heteroatoms. The van der Waals surface area contributed by atoms with Crippen LogP contribution < -0.4 is 5.73 Å². The summed E-state index contributed by atoms with van der Waals surface area (Å²) in [7, 11) is 0. The van der Waals surface area contributed by atoms with Crippen molar-refractivity contribution in [1.82, 2.24) is 4.90 Å². The van der Waals surface area contributed by atoms with Gasteiger partial charge in [-0.15, -0.1) is 0 Å². The molecule has 1 saturated carbocycles. The molecule has 1 fully saturated rings. The van der Waals surface area contributed by atoms with Crippen molar-refractivity contribution < 1.29 is 0 Å². The fourth-order valence-corrected chi connectivity index (χ4v) is 2.44. The summed E-state index contributed by atoms with van der Waals surface area (Å²) >= 11 is 1.78. The first kappa shape index (κ1) is 10.1. The molecule has 1 aromatic rings. The van der Waals surface area contributed by atoms with E-state index in [0.29, 0.717) is 6.04 Å². The van der Waals surface area contributed by atoms with Gasteiger partial charge in [0.1, 0.15) is 0 Å². The van der Waals surface area contributed by atoms with E-state index < -0.39 is 0 Å². The van der Waals surface area contributed by atoms with Crippen molar-refractivity contribution in [2.45, 2.75) is 38.4 Å². The van der Waals surface area contributed by atoms with Crippen molar-refractivity contribution >= 4 is 11.3 Å². The van der Waals surface area contributed by atoms with Gasteiger partial charge in [-0.2, -0.15) is 11.3 Å². The maximum Gasteiger partial charge on any atom is 0.0248 e. The predicted molar refractivity (Wildman–Crippen MR) is 61.4 cm³/mol. The fourth-order valence-electron chi connectivity index (χ4n) is 1.78. The van der Waals surface area contributed by atoms with E-state index in [1.807, 2.05) is 0 Å². The second-order valence-electron chi connectivity index (χ2n) is 4.12. The summed E-state index contributed by atoms with van der Waals surface area (Å²) in [5.41, 5.74) is 7.16. The molecule has 1 aliphatic rings. The van der Waals surface area contributed by atoms with Crippen LogP contribution in [-0.4, -0.2) is 23.5 Å². The first-order valence-corrected chi connectivity index (χ1v) is 6.22. The molecule has 2 rings (SSSR count). The Morgan fingerprint density at radius 1 is 1.64 bits per heavy atom. The van der Waals surface area contributed by atoms with E-state index in [2.05, 4.69) is 28.7 Å². The van der Waals surface area contributed by atoms with Crippen LogP contribution in [0.2, 0.25) is 0 Å². The standard InChI is InChI=1S/C11H18N2S/c1-9(6-12)13(11-2-3-11)7-10-4-5-14-8-10/h4-5,8-9,11H,2-3,6-7,12H2,1H3. The monoisotopic (exact) mass is 210 g/mol. The minimum absolute atomic E-state index is 0.516. The van der Waals surface area contributed by atoms with Crippen molar-refractivity contribution in [3.05, 3.63) is 22.4 Å². The maximum atomic E-state index is 5.73. The molecule has 78 valence electrons. The van der Waals surface area contributed by atoms with Gasteiger partial charge in [0.25, 0.3) is 0 Å². The van der Waals surface area contributed by atoms with Gasteiger partial charge in [-0.1, -0.05) is 0 Å². The summed E-state index contributed by atoms with van der Waals surface area (Å²) in [6.07, 6.45) is 2.71. The molecule has 0 saturated heterocycles. The Hall–Kier alpha value is -0.380. The van der Waals surface area contributed by atoms with Gasteiger partial charge in [-0.3, -0.25) is 4.90 Å². The van der Waals surface area contributed by atoms with Gasteiger partial charge in [0.15, 0.2) is 0 Å². The van der Waals surface area contributed by atoms with Gasteiger partial charge in [-0.25, -0.2) is 0 Å². The maximum absolute atomic E-state index is 5.73. The SMILES string of the molecule is CC(CN)N(Cc1ccsc1)C1CC1. The van der Waals surface area contributed by atoms with Gasteiger partial charge in [-0.05, 0) is 42.2 Å². The Kier molecular flexibility index (Phi) is 3.21. The summed E-state index contributed by atoms with van der Waals surface area (Å²) in [6, 6.07) is 3.53. The lowest BCUT2D eigenvalue weighted by molar-refractivity contribution is 0.194. The topological polar surface area (TPSA) is 29.3 Å². The van der Waals surface area contributed by atoms with E-state index in [1.165, 1.54) is 18.4 Å². The van der Waals surface area contributed by atoms with Gasteiger partial charge < -0.3 is 5.73 Å². The number of thiophene rings is 1. The number of nitrogens with two attached hydrogens (primary N) is 1. The van der Waals surface area contributed by atoms with Crippen LogP contribution in [0.5, 0.6) is 0 Å². The molecule has 1 atom stereocenters. The summed E-state index contributed by atoms with van der Waals surface area (Å²) in [6.45, 7) is 4.07. The Balaban J connectivity index is 1.97. The van der Waals surface area contributed by atoms with Gasteiger partial charge in [0.2, 0.25) is 0 Å². The third-order valence-electron chi connectivity index (χ3n) is 2.87. The molecule has 0 radical (unpaired) electrons. The number of nitrogens with zero attached hydrogens (tertiary/aromatic N) is 1. The second-order valence-corrected chi connectivity index (χ2v) is 4.90. The number of hydrogen-bond acceptors (Lipinski definition) is 3. The van der Waals surface area contributed by atoms with Crippen molar-refractivity contribution in [2.75, 3.05) is 6.54 Å². The van der Waals surface area contributed by atoms with E-state index in [9.17, 15) is 0 Å². The highest BCUT2D eigenvalue weighted by molar-refractivity contribution is 7.07. The van der Waals surface area contributed by atoms with E-state index in [0.717, 1.165) is 19.1 Å². The van der Waals surface area contributed by atoms with Gasteiger partial charge >= 0.3 is 0 Å². The molecular formula is C11H18N2S. The van der Waals surface area contributed by atoms with Crippen LogP contribution in [0.25, 0.3) is 0 Å². The molecular weight excluding hydrogens is 192 g/mol. The minimum atomic E-state index is 0.516. The zero-order valence-electron chi connectivity index (χ0n) is 8.65. The minimum Gasteiger partial charge on any atom is -0.329 e. The van der Waals surface area contributed by atoms with Crippen LogP contribution in [0.4, 0.5) is 0 Å². The number of hydrogen-bond donors (Lipinski definition) is 1. The Bertz CT molecular complexity index is 267. The molecule has 1 heterocycles. The van der Waals surface area contributed by atoms with Crippen molar-refractivity contribution in [3.63, 3.8) is 0 Å². The van der Waals surface area contributed by atoms with Crippen LogP contribution in [-0.2, 0) is 6.54 Å². The zero-order chi connectivity index (χ0) is 9.97. The van der Waals surface area contributed by atoms with Crippen LogP contribution in [0, 0.1) is 0 Å². The molecule has 0 amide bonds. The third kappa shape index (κ3) is 2.35. The second kappa shape index (κ2) is 4.43. The highest BCUT2D eigenvalue weighted by atomic mass is 32.1. The average molecular weight is 210 g/mol. The number of rotatable bonds is 5. The van der Waals surface area contributed by atoms with Crippen molar-refractivity contribution in [3.8, 4) is 0 Å². The van der Waals surface area contributed by atoms with Gasteiger partial charge in [0, 0.05) is 25.2 Å². The zero-order valence-corrected chi connectivity index (χ0v) is 9.46. The highest BCUT2D eigenvalue weighted by Crippen LogP contribution is 2.30. The Morgan fingerprint density at radius 2 is 2.43 bits per heavy atom. The largest absolute Gasteiger partial charge is 0.329 e. The first-order chi connectivity index (χ1) is 6.81. The molecule has 0 bridgehead atoms. The molecule has 1 unspecified atom stereocenters. The van der Waals surface area contributed by atoms with Crippen LogP contribution >= 0.6 is 11.3 Å². The first-order valence-electron chi connectivity index (χ1n) is 5.28. The van der Waals surface area contributed by atoms with Crippen molar-refractivity contribution in [2.24, 2.45) is 5.73 Å². The van der Waals surface area contributed by atoms with E-state index >= 15 is 0 Å². The lowest BCUT2D eigenvalue weighted by Crippen LogP contribution is -2.39. The molecule has 0 spiro atoms. The summed E-state index contributed by atoms with van der Waals surface area (Å²) < 4.78 is 0. The predicted octanol–water partition coefficient (Wildman–Crippen LogP) is 2.06. The van der Waals surface area contributed by atoms with Crippen LogP contribution in [0.15, 0.2) is 16.8 Å². The van der Waals surface area contributed by atoms with Crippen molar-refractivity contribution in [1.29, 1.82) is 0 Å². The van der Waals surface area contributed by atoms with Gasteiger partial charge in [0.05, 0.1) is 0 Å². The van der Waals surface area contributed by atoms with E-state index in [4.69, 9.17) is 5.73 Å². The Labute approximate surface area is 89.7 Å². The average Bonchev–Trinajstić information content (AvgIpc) is 2.92.